The molecule has 9 heteroatoms. The number of carbonyl (C=O) groups excluding carboxylic acids is 2. The number of nitrogens with one attached hydrogen (secondary N) is 2. The number of H-pyrrole nitrogens is 2. The van der Waals surface area contributed by atoms with Crippen molar-refractivity contribution >= 4 is 22.7 Å². The van der Waals surface area contributed by atoms with Crippen LogP contribution in [0.1, 0.15) is 69.5 Å². The Balaban J connectivity index is 1.09. The van der Waals surface area contributed by atoms with Crippen molar-refractivity contribution in [2.75, 3.05) is 19.6 Å². The fourth-order valence-electron chi connectivity index (χ4n) is 7.31. The molecule has 1 aliphatic carbocycles. The molecule has 1 saturated heterocycles. The zero-order valence-corrected chi connectivity index (χ0v) is 24.5. The largest absolute Gasteiger partial charge is 0.343 e. The van der Waals surface area contributed by atoms with Gasteiger partial charge in [-0.1, -0.05) is 57.2 Å². The van der Waals surface area contributed by atoms with Crippen molar-refractivity contribution in [3.05, 3.63) is 76.5 Å². The van der Waals surface area contributed by atoms with Crippen LogP contribution in [0.15, 0.2) is 59.7 Å². The van der Waals surface area contributed by atoms with Crippen LogP contribution in [0.2, 0.25) is 0 Å². The molecular weight excluding hydrogens is 528 g/mol. The Morgan fingerprint density at radius 1 is 1.07 bits per heavy atom. The highest BCUT2D eigenvalue weighted by atomic mass is 16.2. The van der Waals surface area contributed by atoms with Crippen LogP contribution in [0, 0.1) is 10.8 Å². The number of hydrogen-bond donors (Lipinski definition) is 2. The summed E-state index contributed by atoms with van der Waals surface area (Å²) in [7, 11) is 0. The van der Waals surface area contributed by atoms with Gasteiger partial charge in [0.2, 0.25) is 11.8 Å². The fraction of sp³-hybridized carbons (Fsp3) is 0.455. The third-order valence-electron chi connectivity index (χ3n) is 9.46. The number of rotatable bonds is 5. The van der Waals surface area contributed by atoms with Gasteiger partial charge in [0.15, 0.2) is 0 Å². The fourth-order valence-corrected chi connectivity index (χ4v) is 7.31. The Kier molecular flexibility index (Phi) is 6.18. The third kappa shape index (κ3) is 4.55. The second-order valence-electron chi connectivity index (χ2n) is 13.6. The molecule has 9 nitrogen and oxygen atoms in total. The van der Waals surface area contributed by atoms with E-state index in [0.717, 1.165) is 27.7 Å². The molecule has 4 heterocycles. The predicted molar refractivity (Wildman–Crippen MR) is 161 cm³/mol. The van der Waals surface area contributed by atoms with Crippen molar-refractivity contribution in [3.63, 3.8) is 0 Å². The minimum absolute atomic E-state index is 0.0353. The number of likely N-dealkylation sites (tertiary alicyclic amines) is 1. The number of piperidine rings is 1. The molecule has 3 aliphatic rings. The lowest BCUT2D eigenvalue weighted by Gasteiger charge is -2.35. The molecular formula is C33H38N6O3. The number of aromatic nitrogens is 4. The van der Waals surface area contributed by atoms with Crippen molar-refractivity contribution in [3.8, 4) is 11.3 Å². The predicted octanol–water partition coefficient (Wildman–Crippen LogP) is 4.84. The third-order valence-corrected chi connectivity index (χ3v) is 9.46. The number of hydrogen-bond acceptors (Lipinski definition) is 4. The molecule has 0 unspecified atom stereocenters. The normalized spacial score (nSPS) is 22.6. The van der Waals surface area contributed by atoms with E-state index in [0.29, 0.717) is 45.4 Å². The van der Waals surface area contributed by atoms with E-state index in [1.54, 1.807) is 4.57 Å². The van der Waals surface area contributed by atoms with E-state index in [1.165, 1.54) is 5.56 Å². The molecule has 2 fully saturated rings. The van der Waals surface area contributed by atoms with E-state index in [1.807, 2.05) is 58.6 Å². The van der Waals surface area contributed by atoms with Gasteiger partial charge in [-0.3, -0.25) is 19.3 Å². The molecule has 4 aromatic rings. The van der Waals surface area contributed by atoms with Crippen molar-refractivity contribution < 1.29 is 9.59 Å². The van der Waals surface area contributed by atoms with Gasteiger partial charge in [-0.25, -0.2) is 4.79 Å². The summed E-state index contributed by atoms with van der Waals surface area (Å²) in [6.45, 7) is 8.77. The minimum atomic E-state index is -0.690. The lowest BCUT2D eigenvalue weighted by atomic mass is 9.91. The van der Waals surface area contributed by atoms with E-state index in [4.69, 9.17) is 0 Å². The lowest BCUT2D eigenvalue weighted by Crippen LogP contribution is -2.45. The summed E-state index contributed by atoms with van der Waals surface area (Å²) in [5.41, 5.74) is 4.21. The van der Waals surface area contributed by atoms with Gasteiger partial charge in [-0.15, -0.1) is 0 Å². The smallest absolute Gasteiger partial charge is 0.326 e. The molecule has 2 aromatic heterocycles. The maximum Gasteiger partial charge on any atom is 0.326 e. The molecule has 2 amide bonds. The van der Waals surface area contributed by atoms with Crippen LogP contribution in [0.4, 0.5) is 0 Å². The number of nitrogens with zero attached hydrogens (tertiary/aromatic N) is 4. The van der Waals surface area contributed by atoms with E-state index in [2.05, 4.69) is 42.0 Å². The molecule has 0 radical (unpaired) electrons. The molecule has 2 aliphatic heterocycles. The van der Waals surface area contributed by atoms with E-state index >= 15 is 0 Å². The number of fused-ring (bicyclic) bond motifs is 5. The van der Waals surface area contributed by atoms with Crippen molar-refractivity contribution in [1.82, 2.24) is 29.5 Å². The minimum Gasteiger partial charge on any atom is -0.343 e. The van der Waals surface area contributed by atoms with Crippen LogP contribution in [0.5, 0.6) is 0 Å². The molecule has 218 valence electrons. The summed E-state index contributed by atoms with van der Waals surface area (Å²) >= 11 is 0. The van der Waals surface area contributed by atoms with Gasteiger partial charge in [0.25, 0.3) is 0 Å². The highest BCUT2D eigenvalue weighted by Crippen LogP contribution is 2.65. The zero-order valence-electron chi connectivity index (χ0n) is 24.5. The molecule has 2 aromatic carbocycles. The molecule has 0 bridgehead atoms. The molecule has 0 spiro atoms. The van der Waals surface area contributed by atoms with E-state index in [9.17, 15) is 14.4 Å². The molecule has 2 N–H and O–H groups in total. The first kappa shape index (κ1) is 26.7. The Bertz CT molecular complexity index is 1720. The summed E-state index contributed by atoms with van der Waals surface area (Å²) in [4.78, 5) is 47.7. The maximum absolute atomic E-state index is 14.2. The van der Waals surface area contributed by atoms with Gasteiger partial charge >= 0.3 is 5.69 Å². The average Bonchev–Trinajstić information content (AvgIpc) is 3.29. The average molecular weight is 567 g/mol. The SMILES string of the molecule is CC(C)(C)CN1Cc2c(ccc3[nH]ncc23)[C@H]2C[C@@]2(CC(=O)N2CCC(n3cc(-c4ccccc4)[nH]c3=O)CC2)C1=O. The van der Waals surface area contributed by atoms with Crippen LogP contribution in [-0.2, 0) is 16.1 Å². The van der Waals surface area contributed by atoms with E-state index < -0.39 is 5.41 Å². The van der Waals surface area contributed by atoms with Crippen LogP contribution in [-0.4, -0.2) is 61.0 Å². The first-order valence-corrected chi connectivity index (χ1v) is 15.0. The topological polar surface area (TPSA) is 107 Å². The van der Waals surface area contributed by atoms with Crippen LogP contribution in [0.3, 0.4) is 0 Å². The number of imidazole rings is 1. The van der Waals surface area contributed by atoms with E-state index in [-0.39, 0.29) is 41.3 Å². The van der Waals surface area contributed by atoms with Gasteiger partial charge < -0.3 is 14.8 Å². The number of carbonyl (C=O) groups is 2. The standard InChI is InChI=1S/C33H38N6O3/c1-32(2,3)20-38-18-25-23(9-10-27-24(25)17-34-36-27)26-15-33(26,30(38)41)16-29(40)37-13-11-22(12-14-37)39-19-28(35-31(39)42)21-7-5-4-6-8-21/h4-10,17,19,22,26H,11-16,18,20H2,1-3H3,(H,34,36)(H,35,42)/t26-,33+/m1/s1. The number of aromatic amines is 2. The quantitative estimate of drug-likeness (QED) is 0.361. The maximum atomic E-state index is 14.2. The first-order chi connectivity index (χ1) is 20.1. The first-order valence-electron chi connectivity index (χ1n) is 15.0. The highest BCUT2D eigenvalue weighted by molar-refractivity contribution is 5.95. The Morgan fingerprint density at radius 2 is 1.83 bits per heavy atom. The lowest BCUT2D eigenvalue weighted by molar-refractivity contribution is -0.144. The van der Waals surface area contributed by atoms with Crippen LogP contribution in [0.25, 0.3) is 22.2 Å². The summed E-state index contributed by atoms with van der Waals surface area (Å²) in [5.74, 6) is 0.186. The number of amides is 2. The van der Waals surface area contributed by atoms with Crippen LogP contribution < -0.4 is 5.69 Å². The zero-order chi connectivity index (χ0) is 29.2. The molecule has 1 saturated carbocycles. The second kappa shape index (κ2) is 9.71. The van der Waals surface area contributed by atoms with Crippen LogP contribution >= 0.6 is 0 Å². The summed E-state index contributed by atoms with van der Waals surface area (Å²) in [6, 6.07) is 14.0. The number of benzene rings is 2. The van der Waals surface area contributed by atoms with Gasteiger partial charge in [-0.2, -0.15) is 5.10 Å². The van der Waals surface area contributed by atoms with Gasteiger partial charge in [0.05, 0.1) is 22.8 Å². The van der Waals surface area contributed by atoms with Crippen molar-refractivity contribution in [1.29, 1.82) is 0 Å². The summed E-state index contributed by atoms with van der Waals surface area (Å²) in [5, 5.41) is 8.39. The molecule has 2 atom stereocenters. The Hall–Kier alpha value is -4.14. The van der Waals surface area contributed by atoms with Crippen molar-refractivity contribution in [2.24, 2.45) is 10.8 Å². The second-order valence-corrected chi connectivity index (χ2v) is 13.6. The summed E-state index contributed by atoms with van der Waals surface area (Å²) in [6.07, 6.45) is 6.10. The molecule has 42 heavy (non-hydrogen) atoms. The van der Waals surface area contributed by atoms with Gasteiger partial charge in [0, 0.05) is 56.1 Å². The van der Waals surface area contributed by atoms with Gasteiger partial charge in [0.1, 0.15) is 0 Å². The Morgan fingerprint density at radius 3 is 2.57 bits per heavy atom. The van der Waals surface area contributed by atoms with Gasteiger partial charge in [-0.05, 0) is 47.4 Å². The highest BCUT2D eigenvalue weighted by Gasteiger charge is 2.64. The summed E-state index contributed by atoms with van der Waals surface area (Å²) < 4.78 is 1.78. The Labute approximate surface area is 244 Å². The van der Waals surface area contributed by atoms with Crippen molar-refractivity contribution in [2.45, 2.75) is 65.0 Å². The molecule has 7 rings (SSSR count). The monoisotopic (exact) mass is 566 g/mol.